The molecule has 0 bridgehead atoms. The van der Waals surface area contributed by atoms with Crippen molar-refractivity contribution in [3.63, 3.8) is 0 Å². The summed E-state index contributed by atoms with van der Waals surface area (Å²) < 4.78 is 0. The van der Waals surface area contributed by atoms with Crippen LogP contribution in [0.5, 0.6) is 0 Å². The maximum atomic E-state index is 3.32. The standard InChI is InChI=1S/6BrH.2H3N.Os/h6*1H;2*1H3;/q;;;;;;;;+4/p-4. The van der Waals surface area contributed by atoms with Crippen LogP contribution in [0.4, 0.5) is 0 Å². The molecule has 9 heteroatoms. The minimum Gasteiger partial charge on any atom is -0.369 e. The summed E-state index contributed by atoms with van der Waals surface area (Å²) in [6.07, 6.45) is 0. The van der Waals surface area contributed by atoms with Crippen molar-refractivity contribution in [1.29, 1.82) is 0 Å². The predicted octanol–water partition coefficient (Wildman–Crippen LogP) is -1.86. The van der Waals surface area contributed by atoms with Gasteiger partial charge in [0, 0.05) is 0 Å². The molecule has 2 nitrogen and oxygen atoms in total. The Bertz CT molecular complexity index is 26.5. The normalized spacial score (nSPS) is 8.44. The van der Waals surface area contributed by atoms with Crippen LogP contribution in [0, 0.1) is 0 Å². The monoisotopic (exact) mass is 702 g/mol. The Labute approximate surface area is 106 Å². The summed E-state index contributed by atoms with van der Waals surface area (Å²) in [5, 5.41) is 0. The summed E-state index contributed by atoms with van der Waals surface area (Å²) in [6.45, 7) is 0. The van der Waals surface area contributed by atoms with Crippen LogP contribution in [0.2, 0.25) is 0 Å². The minimum atomic E-state index is -1.81. The van der Waals surface area contributed by atoms with E-state index in [0.717, 1.165) is 0 Å². The third-order valence-electron chi connectivity index (χ3n) is 0. The van der Waals surface area contributed by atoms with Crippen LogP contribution in [-0.2, 0) is 7.11 Å². The number of hydrogen-bond donors (Lipinski definition) is 2. The van der Waals surface area contributed by atoms with E-state index < -0.39 is 7.11 Å². The van der Waals surface area contributed by atoms with Crippen molar-refractivity contribution >= 4 is 54.2 Å². The molecule has 0 aromatic carbocycles. The van der Waals surface area contributed by atoms with Gasteiger partial charge < -0.3 is 46.3 Å². The Hall–Kier alpha value is 3.44. The van der Waals surface area contributed by atoms with Gasteiger partial charge in [0.25, 0.3) is 0 Å². The van der Waals surface area contributed by atoms with E-state index in [1.807, 2.05) is 0 Å². The molecule has 0 amide bonds. The Kier molecular flexibility index (Phi) is 45.7. The zero-order chi connectivity index (χ0) is 4.50. The molecule has 0 unspecified atom stereocenters. The van der Waals surface area contributed by atoms with Gasteiger partial charge in [-0.15, -0.1) is 0 Å². The van der Waals surface area contributed by atoms with Crippen molar-refractivity contribution < 1.29 is 41.1 Å². The van der Waals surface area contributed by atoms with Gasteiger partial charge in [-0.25, -0.2) is 0 Å². The molecule has 0 rings (SSSR count). The van der Waals surface area contributed by atoms with Crippen LogP contribution in [-0.4, -0.2) is 0 Å². The van der Waals surface area contributed by atoms with Gasteiger partial charge in [-0.1, -0.05) is 0 Å². The molecular formula is H8Br6N2Os. The Balaban J connectivity index is -0.0000000133. The molecule has 68 valence electrons. The van der Waals surface area contributed by atoms with E-state index in [1.165, 1.54) is 0 Å². The maximum Gasteiger partial charge on any atom is -0.369 e. The summed E-state index contributed by atoms with van der Waals surface area (Å²) >= 11 is 13.3. The summed E-state index contributed by atoms with van der Waals surface area (Å²) in [7, 11) is -1.81. The average molecular weight is 706 g/mol. The summed E-state index contributed by atoms with van der Waals surface area (Å²) in [5.41, 5.74) is 0. The van der Waals surface area contributed by atoms with Crippen molar-refractivity contribution in [3.05, 3.63) is 0 Å². The van der Waals surface area contributed by atoms with E-state index in [1.54, 1.807) is 0 Å². The van der Waals surface area contributed by atoms with Gasteiger partial charge in [0.1, 0.15) is 0 Å². The van der Waals surface area contributed by atoms with Crippen molar-refractivity contribution in [2.24, 2.45) is 0 Å². The molecule has 0 aliphatic heterocycles. The van der Waals surface area contributed by atoms with Crippen molar-refractivity contribution in [3.8, 4) is 0 Å². The number of halogens is 6. The first kappa shape index (κ1) is 29.4. The molecule has 0 heterocycles. The van der Waals surface area contributed by atoms with Crippen LogP contribution in [0.15, 0.2) is 0 Å². The van der Waals surface area contributed by atoms with Crippen molar-refractivity contribution in [1.82, 2.24) is 12.3 Å². The van der Waals surface area contributed by atoms with Crippen LogP contribution in [0.1, 0.15) is 0 Å². The zero-order valence-electron chi connectivity index (χ0n) is 4.62. The molecule has 0 aliphatic rings. The van der Waals surface area contributed by atoms with Crippen LogP contribution >= 0.6 is 54.2 Å². The third-order valence-corrected chi connectivity index (χ3v) is 0. The quantitative estimate of drug-likeness (QED) is 0.297. The Morgan fingerprint density at radius 2 is 0.667 bits per heavy atom. The molecule has 0 aromatic rings. The fourth-order valence-electron chi connectivity index (χ4n) is 0. The zero-order valence-corrected chi connectivity index (χ0v) is 16.7. The topological polar surface area (TPSA) is 73.0 Å². The first-order valence-corrected chi connectivity index (χ1v) is 22.7. The third kappa shape index (κ3) is 86.2. The first-order valence-electron chi connectivity index (χ1n) is 0.535. The molecule has 0 fully saturated rings. The number of hydrogen-bond acceptors (Lipinski definition) is 0. The van der Waals surface area contributed by atoms with E-state index in [-0.39, 0.29) is 46.3 Å². The van der Waals surface area contributed by atoms with Gasteiger partial charge in [0.2, 0.25) is 0 Å². The molecule has 8 N–H and O–H groups in total. The summed E-state index contributed by atoms with van der Waals surface area (Å²) in [5.74, 6) is 0. The van der Waals surface area contributed by atoms with Gasteiger partial charge in [-0.05, 0) is 0 Å². The number of rotatable bonds is 0. The number of quaternary nitrogens is 2. The molecule has 0 radical (unpaired) electrons. The average Bonchev–Trinajstić information content (AvgIpc) is 0.722. The Morgan fingerprint density at radius 1 is 0.667 bits per heavy atom. The molecule has 0 saturated carbocycles. The molecule has 0 aliphatic carbocycles. The van der Waals surface area contributed by atoms with Crippen LogP contribution in [0.3, 0.4) is 0 Å². The molecule has 0 aromatic heterocycles. The summed E-state index contributed by atoms with van der Waals surface area (Å²) in [6, 6.07) is 0. The van der Waals surface area contributed by atoms with Gasteiger partial charge in [-0.3, -0.25) is 0 Å². The van der Waals surface area contributed by atoms with E-state index in [9.17, 15) is 0 Å². The molecule has 0 spiro atoms. The van der Waals surface area contributed by atoms with Gasteiger partial charge in [-0.2, -0.15) is 0 Å². The smallest absolute Gasteiger partial charge is 0.369 e. The predicted molar refractivity (Wildman–Crippen MR) is 47.7 cm³/mol. The minimum absolute atomic E-state index is 0. The second-order valence-corrected chi connectivity index (χ2v) is 67.0. The second kappa shape index (κ2) is 14.0. The van der Waals surface area contributed by atoms with Crippen LogP contribution < -0.4 is 46.3 Å². The van der Waals surface area contributed by atoms with Crippen LogP contribution in [0.25, 0.3) is 0 Å². The van der Waals surface area contributed by atoms with E-state index in [0.29, 0.717) is 0 Å². The van der Waals surface area contributed by atoms with Gasteiger partial charge >= 0.3 is 61.3 Å². The summed E-state index contributed by atoms with van der Waals surface area (Å²) in [4.78, 5) is 0. The van der Waals surface area contributed by atoms with Gasteiger partial charge in [0.05, 0.1) is 0 Å². The fraction of sp³-hybridized carbons (Fsp3) is 0. The Morgan fingerprint density at radius 3 is 0.667 bits per heavy atom. The molecule has 0 saturated heterocycles. The second-order valence-electron chi connectivity index (χ2n) is 0.303. The van der Waals surface area contributed by atoms with Crippen molar-refractivity contribution in [2.45, 2.75) is 0 Å². The largest absolute Gasteiger partial charge is 0.369 e. The fourth-order valence-corrected chi connectivity index (χ4v) is 0. The molecule has 9 heavy (non-hydrogen) atoms. The van der Waals surface area contributed by atoms with E-state index in [2.05, 4.69) is 54.2 Å². The SMILES string of the molecule is [Br-].[Br-].[Br][Os]([Br])([Br])[Br].[NH4+].[NH4+]. The van der Waals surface area contributed by atoms with E-state index >= 15 is 0 Å². The first-order chi connectivity index (χ1) is 2.00. The molecular weight excluding hydrogens is 698 g/mol. The van der Waals surface area contributed by atoms with Gasteiger partial charge in [0.15, 0.2) is 0 Å². The van der Waals surface area contributed by atoms with Crippen molar-refractivity contribution in [2.75, 3.05) is 0 Å². The van der Waals surface area contributed by atoms with E-state index in [4.69, 9.17) is 0 Å². The maximum absolute atomic E-state index is 3.32. The molecule has 0 atom stereocenters.